The molecule has 1 rings (SSSR count). The monoisotopic (exact) mass is 730 g/mol. The van der Waals surface area contributed by atoms with Gasteiger partial charge in [-0.2, -0.15) is 5.10 Å². The maximum absolute atomic E-state index is 12.0. The minimum atomic E-state index is -0.0742. The lowest BCUT2D eigenvalue weighted by atomic mass is 10.1. The van der Waals surface area contributed by atoms with Gasteiger partial charge in [-0.05, 0) is 77.3 Å². The van der Waals surface area contributed by atoms with Gasteiger partial charge in [0.1, 0.15) is 13.2 Å². The van der Waals surface area contributed by atoms with Gasteiger partial charge in [0.2, 0.25) is 0 Å². The van der Waals surface area contributed by atoms with Gasteiger partial charge in [-0.15, -0.1) is 0 Å². The summed E-state index contributed by atoms with van der Waals surface area (Å²) < 4.78 is 12.7. The van der Waals surface area contributed by atoms with Gasteiger partial charge in [0.15, 0.2) is 0 Å². The second-order valence-corrected chi connectivity index (χ2v) is 14.6. The van der Waals surface area contributed by atoms with Crippen molar-refractivity contribution in [2.24, 2.45) is 0 Å². The molecule has 0 saturated heterocycles. The zero-order valence-electron chi connectivity index (χ0n) is 33.7. The second kappa shape index (κ2) is 36.9. The van der Waals surface area contributed by atoms with Crippen molar-refractivity contribution in [1.29, 1.82) is 0 Å². The quantitative estimate of drug-likeness (QED) is 0.0411. The summed E-state index contributed by atoms with van der Waals surface area (Å²) in [5.74, 6) is -0.148. The van der Waals surface area contributed by atoms with Crippen molar-refractivity contribution < 1.29 is 24.2 Å². The number of allylic oxidation sites excluding steroid dienone is 2. The van der Waals surface area contributed by atoms with E-state index in [9.17, 15) is 9.59 Å². The number of nitrogens with zero attached hydrogens (tertiary/aromatic N) is 3. The third-order valence-corrected chi connectivity index (χ3v) is 9.56. The van der Waals surface area contributed by atoms with E-state index in [4.69, 9.17) is 14.6 Å². The first-order chi connectivity index (χ1) is 25.6. The van der Waals surface area contributed by atoms with E-state index >= 15 is 0 Å². The van der Waals surface area contributed by atoms with Crippen molar-refractivity contribution in [2.45, 2.75) is 194 Å². The minimum Gasteiger partial charge on any atom is -0.461 e. The smallest absolute Gasteiger partial charge is 0.306 e. The van der Waals surface area contributed by atoms with E-state index in [0.29, 0.717) is 26.1 Å². The van der Waals surface area contributed by atoms with Crippen LogP contribution in [0.1, 0.15) is 186 Å². The van der Waals surface area contributed by atoms with E-state index in [1.807, 2.05) is 23.0 Å². The van der Waals surface area contributed by atoms with Gasteiger partial charge in [0, 0.05) is 44.3 Å². The van der Waals surface area contributed by atoms with E-state index in [0.717, 1.165) is 77.5 Å². The number of aromatic nitrogens is 2. The molecule has 0 unspecified atom stereocenters. The Hall–Kier alpha value is -2.45. The van der Waals surface area contributed by atoms with Crippen LogP contribution in [-0.4, -0.2) is 64.6 Å². The highest BCUT2D eigenvalue weighted by molar-refractivity contribution is 5.69. The van der Waals surface area contributed by atoms with Gasteiger partial charge in [-0.25, -0.2) is 0 Å². The fourth-order valence-corrected chi connectivity index (χ4v) is 6.32. The van der Waals surface area contributed by atoms with Crippen molar-refractivity contribution in [1.82, 2.24) is 14.7 Å². The predicted octanol–water partition coefficient (Wildman–Crippen LogP) is 11.1. The van der Waals surface area contributed by atoms with Gasteiger partial charge in [0.05, 0.1) is 6.20 Å². The third kappa shape index (κ3) is 31.1. The van der Waals surface area contributed by atoms with Crippen molar-refractivity contribution in [3.05, 3.63) is 42.3 Å². The fraction of sp³-hybridized carbons (Fsp3) is 0.795. The predicted molar refractivity (Wildman–Crippen MR) is 216 cm³/mol. The van der Waals surface area contributed by atoms with Crippen LogP contribution < -0.4 is 0 Å². The van der Waals surface area contributed by atoms with Crippen LogP contribution in [0.15, 0.2) is 36.7 Å². The van der Waals surface area contributed by atoms with E-state index in [1.165, 1.54) is 108 Å². The maximum atomic E-state index is 12.0. The summed E-state index contributed by atoms with van der Waals surface area (Å²) >= 11 is 0. The summed E-state index contributed by atoms with van der Waals surface area (Å²) in [6, 6.07) is 0. The molecule has 0 radical (unpaired) electrons. The van der Waals surface area contributed by atoms with Gasteiger partial charge in [-0.1, -0.05) is 128 Å². The lowest BCUT2D eigenvalue weighted by Gasteiger charge is -2.21. The first-order valence-electron chi connectivity index (χ1n) is 21.5. The highest BCUT2D eigenvalue weighted by atomic mass is 16.5. The summed E-state index contributed by atoms with van der Waals surface area (Å²) in [4.78, 5) is 26.6. The molecule has 52 heavy (non-hydrogen) atoms. The largest absolute Gasteiger partial charge is 0.461 e. The van der Waals surface area contributed by atoms with Crippen molar-refractivity contribution in [2.75, 3.05) is 32.9 Å². The molecule has 0 amide bonds. The van der Waals surface area contributed by atoms with Gasteiger partial charge < -0.3 is 14.6 Å². The molecular formula is C44H79N3O5. The summed E-state index contributed by atoms with van der Waals surface area (Å²) in [6.07, 6.45) is 41.0. The summed E-state index contributed by atoms with van der Waals surface area (Å²) in [6.45, 7) is 9.44. The number of aliphatic hydroxyl groups excluding tert-OH is 1. The Morgan fingerprint density at radius 2 is 1.12 bits per heavy atom. The fourth-order valence-electron chi connectivity index (χ4n) is 6.32. The average Bonchev–Trinajstić information content (AvgIpc) is 3.59. The summed E-state index contributed by atoms with van der Waals surface area (Å²) in [7, 11) is 0. The van der Waals surface area contributed by atoms with Crippen molar-refractivity contribution >= 4 is 11.9 Å². The lowest BCUT2D eigenvalue weighted by molar-refractivity contribution is -0.143. The molecule has 8 nitrogen and oxygen atoms in total. The number of unbranched alkanes of at least 4 members (excludes halogenated alkanes) is 19. The van der Waals surface area contributed by atoms with Crippen LogP contribution in [0.2, 0.25) is 0 Å². The summed E-state index contributed by atoms with van der Waals surface area (Å²) in [5, 5.41) is 13.6. The number of hydrogen-bond acceptors (Lipinski definition) is 7. The summed E-state index contributed by atoms with van der Waals surface area (Å²) in [5.41, 5.74) is 1.26. The number of ether oxygens (including phenoxy) is 2. The van der Waals surface area contributed by atoms with Crippen LogP contribution in [0.25, 0.3) is 0 Å². The Bertz CT molecular complexity index is 954. The standard InChI is InChI=1S/C44H79N3O5/c1-3-5-7-9-15-21-29-37-51-43(49)31-23-17-11-13-19-25-33-46(40-42-39-45-47(41-42)35-27-28-36-48)34-26-20-14-12-18-24-32-44(50)52-38-30-22-16-10-8-6-4-2/h21-22,29-30,39,41,48H,3-20,23-28,31-38,40H2,1-2H3/b29-21-,30-22-. The first kappa shape index (κ1) is 47.6. The minimum absolute atomic E-state index is 0.0742. The highest BCUT2D eigenvalue weighted by Gasteiger charge is 2.09. The van der Waals surface area contributed by atoms with E-state index in [-0.39, 0.29) is 18.5 Å². The molecule has 300 valence electrons. The first-order valence-corrected chi connectivity index (χ1v) is 21.5. The molecule has 0 bridgehead atoms. The Morgan fingerprint density at radius 3 is 1.62 bits per heavy atom. The number of rotatable bonds is 38. The number of aliphatic hydroxyl groups is 1. The van der Waals surface area contributed by atoms with Gasteiger partial charge >= 0.3 is 11.9 Å². The molecule has 0 spiro atoms. The molecule has 0 aliphatic carbocycles. The molecule has 0 aliphatic heterocycles. The second-order valence-electron chi connectivity index (χ2n) is 14.6. The van der Waals surface area contributed by atoms with Crippen molar-refractivity contribution in [3.63, 3.8) is 0 Å². The van der Waals surface area contributed by atoms with Crippen LogP contribution in [0.3, 0.4) is 0 Å². The van der Waals surface area contributed by atoms with Crippen LogP contribution in [-0.2, 0) is 32.2 Å². The molecule has 0 saturated carbocycles. The average molecular weight is 730 g/mol. The molecule has 0 fully saturated rings. The zero-order valence-corrected chi connectivity index (χ0v) is 33.7. The van der Waals surface area contributed by atoms with Gasteiger partial charge in [-0.3, -0.25) is 19.2 Å². The molecule has 1 heterocycles. The SMILES string of the molecule is CCCCCC/C=C\COC(=O)CCCCCCCCN(CCCCCCCCC(=O)OC/C=C\CCCCCC)Cc1cnn(CCCCO)c1. The molecule has 0 aliphatic rings. The molecule has 1 aromatic rings. The third-order valence-electron chi connectivity index (χ3n) is 9.56. The zero-order chi connectivity index (χ0) is 37.6. The molecule has 8 heteroatoms. The van der Waals surface area contributed by atoms with E-state index in [1.54, 1.807) is 0 Å². The molecular weight excluding hydrogens is 651 g/mol. The van der Waals surface area contributed by atoms with Crippen molar-refractivity contribution in [3.8, 4) is 0 Å². The highest BCUT2D eigenvalue weighted by Crippen LogP contribution is 2.14. The number of carbonyl (C=O) groups excluding carboxylic acids is 2. The Morgan fingerprint density at radius 1 is 0.635 bits per heavy atom. The van der Waals surface area contributed by atoms with Crippen LogP contribution >= 0.6 is 0 Å². The van der Waals surface area contributed by atoms with E-state index < -0.39 is 0 Å². The van der Waals surface area contributed by atoms with Crippen LogP contribution in [0, 0.1) is 0 Å². The maximum Gasteiger partial charge on any atom is 0.306 e. The topological polar surface area (TPSA) is 93.9 Å². The number of carbonyl (C=O) groups is 2. The van der Waals surface area contributed by atoms with Crippen LogP contribution in [0.4, 0.5) is 0 Å². The lowest BCUT2D eigenvalue weighted by Crippen LogP contribution is -2.25. The Labute approximate surface area is 319 Å². The van der Waals surface area contributed by atoms with Crippen LogP contribution in [0.5, 0.6) is 0 Å². The molecule has 0 aromatic carbocycles. The number of aryl methyl sites for hydroxylation is 1. The molecule has 0 atom stereocenters. The normalized spacial score (nSPS) is 11.8. The van der Waals surface area contributed by atoms with E-state index in [2.05, 4.69) is 42.2 Å². The number of hydrogen-bond donors (Lipinski definition) is 1. The van der Waals surface area contributed by atoms with Gasteiger partial charge in [0.25, 0.3) is 0 Å². The number of esters is 2. The Balaban J connectivity index is 2.22. The Kier molecular flexibility index (Phi) is 33.7. The molecule has 1 N–H and O–H groups in total. The molecule has 1 aromatic heterocycles.